The number of amides is 1. The second-order valence-electron chi connectivity index (χ2n) is 4.69. The molecule has 2 aliphatic rings. The molecule has 0 N–H and O–H groups in total. The average molecular weight is 221 g/mol. The highest BCUT2D eigenvalue weighted by molar-refractivity contribution is 5.77. The van der Waals surface area contributed by atoms with Gasteiger partial charge in [-0.15, -0.1) is 5.10 Å². The number of aryl methyl sites for hydroxylation is 1. The van der Waals surface area contributed by atoms with E-state index in [1.54, 1.807) is 4.68 Å². The monoisotopic (exact) mass is 221 g/mol. The van der Waals surface area contributed by atoms with Gasteiger partial charge in [0.2, 0.25) is 5.91 Å². The lowest BCUT2D eigenvalue weighted by atomic mass is 9.92. The third kappa shape index (κ3) is 1.40. The first-order valence-electron chi connectivity index (χ1n) is 5.78. The van der Waals surface area contributed by atoms with Gasteiger partial charge in [-0.25, -0.2) is 4.68 Å². The summed E-state index contributed by atoms with van der Waals surface area (Å²) < 4.78 is 1.56. The summed E-state index contributed by atoms with van der Waals surface area (Å²) in [5, 5.41) is 11.1. The Morgan fingerprint density at radius 3 is 3.06 bits per heavy atom. The minimum absolute atomic E-state index is 0.151. The van der Waals surface area contributed by atoms with Crippen LogP contribution in [0.3, 0.4) is 0 Å². The lowest BCUT2D eigenvalue weighted by Gasteiger charge is -2.44. The molecule has 16 heavy (non-hydrogen) atoms. The van der Waals surface area contributed by atoms with Crippen LogP contribution in [0.15, 0.2) is 0 Å². The standard InChI is InChI=1S/C10H15N5O/c1-7-11-12-13-15(7)6-10(16)14-5-8-3-2-4-9(8)14/h8-9H,2-6H2,1H3. The van der Waals surface area contributed by atoms with Gasteiger partial charge >= 0.3 is 0 Å². The summed E-state index contributed by atoms with van der Waals surface area (Å²) in [6.45, 7) is 3.02. The lowest BCUT2D eigenvalue weighted by Crippen LogP contribution is -2.56. The van der Waals surface area contributed by atoms with Crippen molar-refractivity contribution < 1.29 is 4.79 Å². The van der Waals surface area contributed by atoms with Gasteiger partial charge in [0, 0.05) is 12.6 Å². The first-order valence-corrected chi connectivity index (χ1v) is 5.78. The molecule has 1 aliphatic carbocycles. The molecule has 2 heterocycles. The molecule has 3 rings (SSSR count). The van der Waals surface area contributed by atoms with Crippen molar-refractivity contribution in [1.29, 1.82) is 0 Å². The van der Waals surface area contributed by atoms with Gasteiger partial charge in [-0.05, 0) is 36.1 Å². The number of rotatable bonds is 2. The van der Waals surface area contributed by atoms with Crippen molar-refractivity contribution in [3.8, 4) is 0 Å². The average Bonchev–Trinajstić information content (AvgIpc) is 2.76. The van der Waals surface area contributed by atoms with Crippen LogP contribution in [-0.4, -0.2) is 43.6 Å². The number of likely N-dealkylation sites (tertiary alicyclic amines) is 1. The molecule has 2 atom stereocenters. The highest BCUT2D eigenvalue weighted by atomic mass is 16.2. The second kappa shape index (κ2) is 3.54. The number of hydrogen-bond acceptors (Lipinski definition) is 4. The van der Waals surface area contributed by atoms with E-state index in [9.17, 15) is 4.79 Å². The summed E-state index contributed by atoms with van der Waals surface area (Å²) in [6.07, 6.45) is 3.73. The lowest BCUT2D eigenvalue weighted by molar-refractivity contribution is -0.143. The maximum absolute atomic E-state index is 12.0. The molecular weight excluding hydrogens is 206 g/mol. The molecule has 0 radical (unpaired) electrons. The maximum Gasteiger partial charge on any atom is 0.244 e. The molecule has 1 aliphatic heterocycles. The van der Waals surface area contributed by atoms with Crippen LogP contribution in [0.1, 0.15) is 25.1 Å². The van der Waals surface area contributed by atoms with Crippen LogP contribution < -0.4 is 0 Å². The van der Waals surface area contributed by atoms with E-state index in [0.717, 1.165) is 12.5 Å². The van der Waals surface area contributed by atoms with Gasteiger partial charge in [0.1, 0.15) is 12.4 Å². The largest absolute Gasteiger partial charge is 0.337 e. The van der Waals surface area contributed by atoms with Crippen molar-refractivity contribution in [2.24, 2.45) is 5.92 Å². The Kier molecular flexibility index (Phi) is 2.15. The molecule has 1 aromatic heterocycles. The Morgan fingerprint density at radius 2 is 2.38 bits per heavy atom. The zero-order chi connectivity index (χ0) is 11.1. The van der Waals surface area contributed by atoms with Crippen LogP contribution in [0.4, 0.5) is 0 Å². The topological polar surface area (TPSA) is 63.9 Å². The van der Waals surface area contributed by atoms with Crippen LogP contribution in [0.25, 0.3) is 0 Å². The molecular formula is C10H15N5O. The fourth-order valence-corrected chi connectivity index (χ4v) is 2.79. The van der Waals surface area contributed by atoms with Gasteiger partial charge in [0.15, 0.2) is 0 Å². The SMILES string of the molecule is Cc1nnnn1CC(=O)N1CC2CCCC21. The third-order valence-electron chi connectivity index (χ3n) is 3.77. The highest BCUT2D eigenvalue weighted by Crippen LogP contribution is 2.38. The van der Waals surface area contributed by atoms with Gasteiger partial charge < -0.3 is 4.90 Å². The minimum atomic E-state index is 0.151. The number of fused-ring (bicyclic) bond motifs is 1. The number of hydrogen-bond donors (Lipinski definition) is 0. The minimum Gasteiger partial charge on any atom is -0.337 e. The molecule has 0 spiro atoms. The summed E-state index contributed by atoms with van der Waals surface area (Å²) in [5.74, 6) is 1.61. The molecule has 1 amide bonds. The van der Waals surface area contributed by atoms with Crippen molar-refractivity contribution >= 4 is 5.91 Å². The molecule has 86 valence electrons. The molecule has 2 fully saturated rings. The zero-order valence-corrected chi connectivity index (χ0v) is 9.33. The van der Waals surface area contributed by atoms with E-state index in [0.29, 0.717) is 11.9 Å². The quantitative estimate of drug-likeness (QED) is 0.704. The predicted molar refractivity (Wildman–Crippen MR) is 55.4 cm³/mol. The fraction of sp³-hybridized carbons (Fsp3) is 0.800. The summed E-state index contributed by atoms with van der Waals surface area (Å²) >= 11 is 0. The van der Waals surface area contributed by atoms with E-state index < -0.39 is 0 Å². The number of tetrazole rings is 1. The van der Waals surface area contributed by atoms with Gasteiger partial charge in [0.05, 0.1) is 0 Å². The summed E-state index contributed by atoms with van der Waals surface area (Å²) in [4.78, 5) is 14.0. The molecule has 1 saturated heterocycles. The zero-order valence-electron chi connectivity index (χ0n) is 9.33. The summed E-state index contributed by atoms with van der Waals surface area (Å²) in [6, 6.07) is 0.504. The normalized spacial score (nSPS) is 27.7. The molecule has 6 nitrogen and oxygen atoms in total. The van der Waals surface area contributed by atoms with Crippen LogP contribution in [0, 0.1) is 12.8 Å². The van der Waals surface area contributed by atoms with E-state index in [2.05, 4.69) is 15.5 Å². The second-order valence-corrected chi connectivity index (χ2v) is 4.69. The molecule has 1 aromatic rings. The van der Waals surface area contributed by atoms with Gasteiger partial charge in [-0.3, -0.25) is 4.79 Å². The Balaban J connectivity index is 1.64. The van der Waals surface area contributed by atoms with Crippen molar-refractivity contribution in [2.45, 2.75) is 38.8 Å². The van der Waals surface area contributed by atoms with Crippen molar-refractivity contribution in [3.63, 3.8) is 0 Å². The number of nitrogens with zero attached hydrogens (tertiary/aromatic N) is 5. The smallest absolute Gasteiger partial charge is 0.244 e. The van der Waals surface area contributed by atoms with Crippen molar-refractivity contribution in [3.05, 3.63) is 5.82 Å². The molecule has 0 aromatic carbocycles. The molecule has 0 bridgehead atoms. The van der Waals surface area contributed by atoms with Crippen LogP contribution >= 0.6 is 0 Å². The van der Waals surface area contributed by atoms with Crippen LogP contribution in [0.2, 0.25) is 0 Å². The van der Waals surface area contributed by atoms with Crippen molar-refractivity contribution in [2.75, 3.05) is 6.54 Å². The number of aromatic nitrogens is 4. The van der Waals surface area contributed by atoms with Crippen molar-refractivity contribution in [1.82, 2.24) is 25.1 Å². The summed E-state index contributed by atoms with van der Waals surface area (Å²) in [7, 11) is 0. The van der Waals surface area contributed by atoms with E-state index in [1.807, 2.05) is 11.8 Å². The van der Waals surface area contributed by atoms with Gasteiger partial charge in [0.25, 0.3) is 0 Å². The Morgan fingerprint density at radius 1 is 1.50 bits per heavy atom. The third-order valence-corrected chi connectivity index (χ3v) is 3.77. The van der Waals surface area contributed by atoms with Gasteiger partial charge in [-0.2, -0.15) is 0 Å². The molecule has 1 saturated carbocycles. The first-order chi connectivity index (χ1) is 7.75. The van der Waals surface area contributed by atoms with Crippen LogP contribution in [-0.2, 0) is 11.3 Å². The van der Waals surface area contributed by atoms with E-state index in [4.69, 9.17) is 0 Å². The van der Waals surface area contributed by atoms with E-state index in [1.165, 1.54) is 19.3 Å². The summed E-state index contributed by atoms with van der Waals surface area (Å²) in [5.41, 5.74) is 0. The molecule has 2 unspecified atom stereocenters. The first kappa shape index (κ1) is 9.74. The Bertz CT molecular complexity index is 415. The highest BCUT2D eigenvalue weighted by Gasteiger charge is 2.44. The number of carbonyl (C=O) groups excluding carboxylic acids is 1. The fourth-order valence-electron chi connectivity index (χ4n) is 2.79. The maximum atomic E-state index is 12.0. The Labute approximate surface area is 93.6 Å². The van der Waals surface area contributed by atoms with E-state index in [-0.39, 0.29) is 12.5 Å². The van der Waals surface area contributed by atoms with E-state index >= 15 is 0 Å². The Hall–Kier alpha value is -1.46. The number of carbonyl (C=O) groups is 1. The molecule has 6 heteroatoms. The predicted octanol–water partition coefficient (Wildman–Crippen LogP) is -0.00758. The van der Waals surface area contributed by atoms with Crippen LogP contribution in [0.5, 0.6) is 0 Å². The van der Waals surface area contributed by atoms with Gasteiger partial charge in [-0.1, -0.05) is 6.42 Å².